The first-order valence-corrected chi connectivity index (χ1v) is 10.5. The van der Waals surface area contributed by atoms with Gasteiger partial charge in [0.2, 0.25) is 5.95 Å². The molecule has 10 nitrogen and oxygen atoms in total. The summed E-state index contributed by atoms with van der Waals surface area (Å²) in [6.45, 7) is 0.430. The molecule has 0 spiro atoms. The van der Waals surface area contributed by atoms with Crippen molar-refractivity contribution in [2.45, 2.75) is 25.3 Å². The Morgan fingerprint density at radius 3 is 2.94 bits per heavy atom. The average molecular weight is 461 g/mol. The molecule has 1 aliphatic heterocycles. The van der Waals surface area contributed by atoms with E-state index in [9.17, 15) is 14.0 Å². The summed E-state index contributed by atoms with van der Waals surface area (Å²) in [5.74, 6) is -1.64. The number of fused-ring (bicyclic) bond motifs is 3. The SMILES string of the molecule is Cn1c(Nc2cc3n(n2)CCCC3(F)F)nc2ncc(Oc3cnn4ccccc34)c(C#N)c21. The first kappa shape index (κ1) is 20.1. The van der Waals surface area contributed by atoms with E-state index in [-0.39, 0.29) is 29.2 Å². The van der Waals surface area contributed by atoms with Crippen LogP contribution in [0.15, 0.2) is 42.9 Å². The van der Waals surface area contributed by atoms with Crippen LogP contribution in [0.2, 0.25) is 0 Å². The van der Waals surface area contributed by atoms with Crippen molar-refractivity contribution in [3.8, 4) is 17.6 Å². The van der Waals surface area contributed by atoms with Gasteiger partial charge >= 0.3 is 0 Å². The van der Waals surface area contributed by atoms with Crippen LogP contribution in [0.25, 0.3) is 16.7 Å². The maximum absolute atomic E-state index is 14.2. The average Bonchev–Trinajstić information content (AvgIpc) is 3.51. The summed E-state index contributed by atoms with van der Waals surface area (Å²) in [6, 6.07) is 9.05. The van der Waals surface area contributed by atoms with Crippen molar-refractivity contribution in [2.75, 3.05) is 5.32 Å². The van der Waals surface area contributed by atoms with Gasteiger partial charge in [-0.25, -0.2) is 9.50 Å². The van der Waals surface area contributed by atoms with Gasteiger partial charge in [0, 0.05) is 32.3 Å². The fourth-order valence-electron chi connectivity index (χ4n) is 4.20. The summed E-state index contributed by atoms with van der Waals surface area (Å²) in [5.41, 5.74) is 1.59. The number of halogens is 2. The lowest BCUT2D eigenvalue weighted by Crippen LogP contribution is -2.25. The van der Waals surface area contributed by atoms with Gasteiger partial charge in [-0.2, -0.15) is 29.2 Å². The molecule has 6 rings (SSSR count). The zero-order valence-corrected chi connectivity index (χ0v) is 17.9. The lowest BCUT2D eigenvalue weighted by molar-refractivity contribution is -0.0364. The van der Waals surface area contributed by atoms with Crippen LogP contribution in [0.3, 0.4) is 0 Å². The predicted octanol–water partition coefficient (Wildman–Crippen LogP) is 4.11. The zero-order valence-electron chi connectivity index (χ0n) is 17.9. The Morgan fingerprint density at radius 1 is 1.24 bits per heavy atom. The molecule has 0 atom stereocenters. The Bertz CT molecular complexity index is 1610. The molecule has 0 bridgehead atoms. The van der Waals surface area contributed by atoms with Crippen LogP contribution in [0.1, 0.15) is 24.1 Å². The third kappa shape index (κ3) is 3.05. The molecule has 0 saturated carbocycles. The van der Waals surface area contributed by atoms with Crippen molar-refractivity contribution in [3.05, 3.63) is 54.1 Å². The Hall–Kier alpha value is -4.53. The Balaban J connectivity index is 1.38. The van der Waals surface area contributed by atoms with Crippen LogP contribution >= 0.6 is 0 Å². The number of pyridine rings is 2. The Labute approximate surface area is 191 Å². The van der Waals surface area contributed by atoms with Crippen LogP contribution in [0.5, 0.6) is 11.5 Å². The van der Waals surface area contributed by atoms with Crippen LogP contribution in [-0.4, -0.2) is 33.9 Å². The molecular weight excluding hydrogens is 444 g/mol. The van der Waals surface area contributed by atoms with Crippen molar-refractivity contribution >= 4 is 28.4 Å². The van der Waals surface area contributed by atoms with Crippen LogP contribution in [0.4, 0.5) is 20.5 Å². The van der Waals surface area contributed by atoms with Gasteiger partial charge in [-0.3, -0.25) is 4.68 Å². The van der Waals surface area contributed by atoms with Gasteiger partial charge in [0.05, 0.1) is 12.4 Å². The number of aromatic nitrogens is 7. The number of ether oxygens (including phenoxy) is 1. The number of nitriles is 1. The minimum absolute atomic E-state index is 0.125. The number of rotatable bonds is 4. The van der Waals surface area contributed by atoms with E-state index in [1.807, 2.05) is 18.2 Å². The van der Waals surface area contributed by atoms with E-state index in [4.69, 9.17) is 4.74 Å². The molecule has 170 valence electrons. The van der Waals surface area contributed by atoms with Crippen molar-refractivity contribution in [2.24, 2.45) is 7.05 Å². The summed E-state index contributed by atoms with van der Waals surface area (Å²) >= 11 is 0. The largest absolute Gasteiger partial charge is 0.450 e. The lowest BCUT2D eigenvalue weighted by atomic mass is 10.1. The molecule has 34 heavy (non-hydrogen) atoms. The fourth-order valence-corrected chi connectivity index (χ4v) is 4.20. The molecule has 5 aromatic rings. The predicted molar refractivity (Wildman–Crippen MR) is 117 cm³/mol. The van der Waals surface area contributed by atoms with Gasteiger partial charge in [-0.15, -0.1) is 0 Å². The molecule has 0 aliphatic carbocycles. The van der Waals surface area contributed by atoms with Crippen molar-refractivity contribution < 1.29 is 13.5 Å². The molecule has 0 amide bonds. The summed E-state index contributed by atoms with van der Waals surface area (Å²) in [6.07, 6.45) is 4.94. The first-order valence-electron chi connectivity index (χ1n) is 10.5. The molecule has 0 radical (unpaired) electrons. The fraction of sp³-hybridized carbons (Fsp3) is 0.227. The first-order chi connectivity index (χ1) is 16.4. The highest BCUT2D eigenvalue weighted by molar-refractivity contribution is 5.84. The number of alkyl halides is 2. The Morgan fingerprint density at radius 2 is 2.12 bits per heavy atom. The standard InChI is InChI=1S/C22H17F2N9O/c1-31-19-13(10-25)15(34-16-12-27-32-7-3-2-5-14(16)32)11-26-20(19)29-21(31)28-18-9-17-22(23,24)6-4-8-33(17)30-18/h2-3,5,7,9,11-12H,4,6,8H2,1H3,(H,26,28,29,30). The number of hydrogen-bond acceptors (Lipinski definition) is 7. The summed E-state index contributed by atoms with van der Waals surface area (Å²) in [7, 11) is 1.70. The van der Waals surface area contributed by atoms with Crippen molar-refractivity contribution in [3.63, 3.8) is 0 Å². The van der Waals surface area contributed by atoms with Gasteiger partial charge in [0.1, 0.15) is 28.4 Å². The molecule has 0 aromatic carbocycles. The summed E-state index contributed by atoms with van der Waals surface area (Å²) in [4.78, 5) is 8.77. The van der Waals surface area contributed by atoms with E-state index in [1.54, 1.807) is 28.5 Å². The quantitative estimate of drug-likeness (QED) is 0.429. The monoisotopic (exact) mass is 461 g/mol. The number of aryl methyl sites for hydroxylation is 2. The zero-order chi connectivity index (χ0) is 23.4. The second-order valence-corrected chi connectivity index (χ2v) is 7.99. The molecule has 12 heteroatoms. The van der Waals surface area contributed by atoms with Gasteiger partial charge in [0.25, 0.3) is 5.92 Å². The topological polar surface area (TPSA) is 111 Å². The van der Waals surface area contributed by atoms with Gasteiger partial charge in [-0.05, 0) is 18.6 Å². The highest BCUT2D eigenvalue weighted by atomic mass is 19.3. The second kappa shape index (κ2) is 7.24. The molecule has 6 heterocycles. The minimum Gasteiger partial charge on any atom is -0.450 e. The molecule has 1 N–H and O–H groups in total. The molecule has 5 aromatic heterocycles. The van der Waals surface area contributed by atoms with Crippen LogP contribution in [-0.2, 0) is 19.5 Å². The highest BCUT2D eigenvalue weighted by Crippen LogP contribution is 2.38. The minimum atomic E-state index is -2.92. The van der Waals surface area contributed by atoms with Crippen molar-refractivity contribution in [1.29, 1.82) is 5.26 Å². The van der Waals surface area contributed by atoms with Crippen molar-refractivity contribution in [1.82, 2.24) is 33.9 Å². The van der Waals surface area contributed by atoms with Gasteiger partial charge < -0.3 is 14.6 Å². The molecular formula is C22H17F2N9O. The lowest BCUT2D eigenvalue weighted by Gasteiger charge is -2.22. The highest BCUT2D eigenvalue weighted by Gasteiger charge is 2.38. The number of hydrogen-bond donors (Lipinski definition) is 1. The normalized spacial score (nSPS) is 14.8. The van der Waals surface area contributed by atoms with Crippen LogP contribution < -0.4 is 10.1 Å². The van der Waals surface area contributed by atoms with E-state index in [0.717, 1.165) is 5.52 Å². The molecule has 0 unspecified atom stereocenters. The summed E-state index contributed by atoms with van der Waals surface area (Å²) < 4.78 is 39.0. The molecule has 0 saturated heterocycles. The van der Waals surface area contributed by atoms with Crippen LogP contribution in [0, 0.1) is 11.3 Å². The van der Waals surface area contributed by atoms with E-state index >= 15 is 0 Å². The third-order valence-corrected chi connectivity index (χ3v) is 5.84. The van der Waals surface area contributed by atoms with E-state index in [1.165, 1.54) is 16.9 Å². The third-order valence-electron chi connectivity index (χ3n) is 5.84. The maximum atomic E-state index is 14.2. The molecule has 0 fully saturated rings. The van der Waals surface area contributed by atoms with Gasteiger partial charge in [-0.1, -0.05) is 6.07 Å². The summed E-state index contributed by atoms with van der Waals surface area (Å²) in [5, 5.41) is 21.4. The van der Waals surface area contributed by atoms with E-state index < -0.39 is 5.92 Å². The molecule has 1 aliphatic rings. The maximum Gasteiger partial charge on any atom is 0.289 e. The number of anilines is 2. The number of imidazole rings is 1. The smallest absolute Gasteiger partial charge is 0.289 e. The Kier molecular flexibility index (Phi) is 4.28. The van der Waals surface area contributed by atoms with E-state index in [0.29, 0.717) is 35.8 Å². The number of nitrogens with zero attached hydrogens (tertiary/aromatic N) is 8. The second-order valence-electron chi connectivity index (χ2n) is 7.99. The van der Waals surface area contributed by atoms with E-state index in [2.05, 4.69) is 31.6 Å². The number of nitrogens with one attached hydrogen (secondary N) is 1. The van der Waals surface area contributed by atoms with Gasteiger partial charge in [0.15, 0.2) is 23.0 Å².